The quantitative estimate of drug-likeness (QED) is 0.752. The van der Waals surface area contributed by atoms with Crippen LogP contribution in [0.25, 0.3) is 0 Å². The molecular formula is C12H16ClNO. The van der Waals surface area contributed by atoms with Gasteiger partial charge in [0.1, 0.15) is 12.4 Å². The lowest BCUT2D eigenvalue weighted by molar-refractivity contribution is 0.358. The number of nitrogens with one attached hydrogen (secondary N) is 1. The fourth-order valence-electron chi connectivity index (χ4n) is 1.26. The number of hydrogen-bond donors (Lipinski definition) is 1. The molecule has 0 atom stereocenters. The molecule has 0 saturated carbocycles. The van der Waals surface area contributed by atoms with Crippen LogP contribution in [0.15, 0.2) is 30.9 Å². The molecule has 1 N–H and O–H groups in total. The molecule has 15 heavy (non-hydrogen) atoms. The van der Waals surface area contributed by atoms with Crippen molar-refractivity contribution in [2.75, 3.05) is 13.2 Å². The Hall–Kier alpha value is -0.990. The molecule has 1 aromatic carbocycles. The van der Waals surface area contributed by atoms with E-state index in [2.05, 4.69) is 18.8 Å². The first-order valence-corrected chi connectivity index (χ1v) is 5.39. The summed E-state index contributed by atoms with van der Waals surface area (Å²) in [6.45, 7) is 7.84. The summed E-state index contributed by atoms with van der Waals surface area (Å²) >= 11 is 6.06. The van der Waals surface area contributed by atoms with Crippen LogP contribution in [0.2, 0.25) is 5.02 Å². The third-order valence-electron chi connectivity index (χ3n) is 1.96. The third-order valence-corrected chi connectivity index (χ3v) is 2.26. The normalized spacial score (nSPS) is 10.0. The molecule has 0 bridgehead atoms. The van der Waals surface area contributed by atoms with Crippen molar-refractivity contribution >= 4 is 11.6 Å². The SMILES string of the molecule is C=CCOc1c(Cl)cccc1CNCC. The van der Waals surface area contributed by atoms with Gasteiger partial charge in [-0.25, -0.2) is 0 Å². The highest BCUT2D eigenvalue weighted by molar-refractivity contribution is 6.32. The van der Waals surface area contributed by atoms with E-state index in [9.17, 15) is 0 Å². The maximum atomic E-state index is 6.06. The average molecular weight is 226 g/mol. The summed E-state index contributed by atoms with van der Waals surface area (Å²) in [5.74, 6) is 0.750. The number of para-hydroxylation sites is 1. The zero-order valence-electron chi connectivity index (χ0n) is 8.92. The number of rotatable bonds is 6. The van der Waals surface area contributed by atoms with Crippen molar-refractivity contribution < 1.29 is 4.74 Å². The van der Waals surface area contributed by atoms with Gasteiger partial charge in [-0.3, -0.25) is 0 Å². The Morgan fingerprint density at radius 1 is 1.53 bits per heavy atom. The van der Waals surface area contributed by atoms with Crippen molar-refractivity contribution in [1.29, 1.82) is 0 Å². The summed E-state index contributed by atoms with van der Waals surface area (Å²) in [4.78, 5) is 0. The summed E-state index contributed by atoms with van der Waals surface area (Å²) in [5, 5.41) is 3.89. The molecule has 0 unspecified atom stereocenters. The molecule has 82 valence electrons. The Morgan fingerprint density at radius 3 is 3.00 bits per heavy atom. The summed E-state index contributed by atoms with van der Waals surface area (Å²) < 4.78 is 5.52. The van der Waals surface area contributed by atoms with Crippen LogP contribution in [0, 0.1) is 0 Å². The number of ether oxygens (including phenoxy) is 1. The first kappa shape index (κ1) is 12.1. The Labute approximate surface area is 95.9 Å². The van der Waals surface area contributed by atoms with Crippen LogP contribution < -0.4 is 10.1 Å². The second kappa shape index (κ2) is 6.49. The average Bonchev–Trinajstić information content (AvgIpc) is 2.25. The van der Waals surface area contributed by atoms with Crippen LogP contribution in [0.1, 0.15) is 12.5 Å². The van der Waals surface area contributed by atoms with Gasteiger partial charge in [-0.15, -0.1) is 0 Å². The number of benzene rings is 1. The van der Waals surface area contributed by atoms with Crippen molar-refractivity contribution in [2.24, 2.45) is 0 Å². The van der Waals surface area contributed by atoms with Crippen LogP contribution in [0.3, 0.4) is 0 Å². The summed E-state index contributed by atoms with van der Waals surface area (Å²) in [6, 6.07) is 5.76. The van der Waals surface area contributed by atoms with Crippen molar-refractivity contribution in [2.45, 2.75) is 13.5 Å². The van der Waals surface area contributed by atoms with Crippen molar-refractivity contribution in [1.82, 2.24) is 5.32 Å². The van der Waals surface area contributed by atoms with E-state index < -0.39 is 0 Å². The van der Waals surface area contributed by atoms with Crippen molar-refractivity contribution in [3.8, 4) is 5.75 Å². The summed E-state index contributed by atoms with van der Waals surface area (Å²) in [7, 11) is 0. The van der Waals surface area contributed by atoms with E-state index in [1.807, 2.05) is 18.2 Å². The molecule has 0 aliphatic carbocycles. The van der Waals surface area contributed by atoms with Gasteiger partial charge in [-0.2, -0.15) is 0 Å². The van der Waals surface area contributed by atoms with Crippen LogP contribution in [0.4, 0.5) is 0 Å². The Balaban J connectivity index is 2.82. The molecule has 0 aromatic heterocycles. The summed E-state index contributed by atoms with van der Waals surface area (Å²) in [6.07, 6.45) is 1.71. The lowest BCUT2D eigenvalue weighted by Gasteiger charge is -2.11. The van der Waals surface area contributed by atoms with Crippen LogP contribution in [-0.2, 0) is 6.54 Å². The van der Waals surface area contributed by atoms with Crippen molar-refractivity contribution in [3.05, 3.63) is 41.4 Å². The Morgan fingerprint density at radius 2 is 2.33 bits per heavy atom. The minimum atomic E-state index is 0.475. The Bertz CT molecular complexity index is 325. The van der Waals surface area contributed by atoms with E-state index in [0.717, 1.165) is 24.4 Å². The zero-order valence-corrected chi connectivity index (χ0v) is 9.68. The predicted molar refractivity (Wildman–Crippen MR) is 64.5 cm³/mol. The second-order valence-electron chi connectivity index (χ2n) is 3.11. The topological polar surface area (TPSA) is 21.3 Å². The molecule has 0 radical (unpaired) electrons. The maximum Gasteiger partial charge on any atom is 0.142 e. The standard InChI is InChI=1S/C12H16ClNO/c1-3-8-15-12-10(9-14-4-2)6-5-7-11(12)13/h3,5-7,14H,1,4,8-9H2,2H3. The number of halogens is 1. The van der Waals surface area contributed by atoms with Gasteiger partial charge in [0.05, 0.1) is 5.02 Å². The van der Waals surface area contributed by atoms with Gasteiger partial charge in [0.15, 0.2) is 0 Å². The largest absolute Gasteiger partial charge is 0.488 e. The highest BCUT2D eigenvalue weighted by atomic mass is 35.5. The van der Waals surface area contributed by atoms with E-state index in [1.54, 1.807) is 6.08 Å². The van der Waals surface area contributed by atoms with E-state index >= 15 is 0 Å². The molecule has 0 spiro atoms. The molecule has 0 saturated heterocycles. The highest BCUT2D eigenvalue weighted by Gasteiger charge is 2.06. The smallest absolute Gasteiger partial charge is 0.142 e. The maximum absolute atomic E-state index is 6.06. The van der Waals surface area contributed by atoms with Gasteiger partial charge in [-0.1, -0.05) is 43.3 Å². The highest BCUT2D eigenvalue weighted by Crippen LogP contribution is 2.28. The molecule has 0 aliphatic heterocycles. The van der Waals surface area contributed by atoms with E-state index in [-0.39, 0.29) is 0 Å². The van der Waals surface area contributed by atoms with Gasteiger partial charge >= 0.3 is 0 Å². The van der Waals surface area contributed by atoms with Crippen LogP contribution in [0.5, 0.6) is 5.75 Å². The minimum Gasteiger partial charge on any atom is -0.488 e. The fourth-order valence-corrected chi connectivity index (χ4v) is 1.50. The van der Waals surface area contributed by atoms with Gasteiger partial charge in [0.2, 0.25) is 0 Å². The van der Waals surface area contributed by atoms with Gasteiger partial charge < -0.3 is 10.1 Å². The lowest BCUT2D eigenvalue weighted by atomic mass is 10.2. The molecule has 2 nitrogen and oxygen atoms in total. The Kier molecular flexibility index (Phi) is 5.22. The molecule has 1 aromatic rings. The summed E-state index contributed by atoms with van der Waals surface area (Å²) in [5.41, 5.74) is 1.08. The van der Waals surface area contributed by atoms with Gasteiger partial charge in [0.25, 0.3) is 0 Å². The predicted octanol–water partition coefficient (Wildman–Crippen LogP) is 3.01. The lowest BCUT2D eigenvalue weighted by Crippen LogP contribution is -2.13. The molecular weight excluding hydrogens is 210 g/mol. The van der Waals surface area contributed by atoms with E-state index in [4.69, 9.17) is 16.3 Å². The van der Waals surface area contributed by atoms with E-state index in [0.29, 0.717) is 11.6 Å². The molecule has 0 amide bonds. The molecule has 0 fully saturated rings. The van der Waals surface area contributed by atoms with Gasteiger partial charge in [0, 0.05) is 12.1 Å². The van der Waals surface area contributed by atoms with Crippen molar-refractivity contribution in [3.63, 3.8) is 0 Å². The second-order valence-corrected chi connectivity index (χ2v) is 3.52. The van der Waals surface area contributed by atoms with Crippen LogP contribution >= 0.6 is 11.6 Å². The van der Waals surface area contributed by atoms with Gasteiger partial charge in [-0.05, 0) is 12.6 Å². The molecule has 1 rings (SSSR count). The molecule has 0 aliphatic rings. The number of hydrogen-bond acceptors (Lipinski definition) is 2. The fraction of sp³-hybridized carbons (Fsp3) is 0.333. The third kappa shape index (κ3) is 3.57. The minimum absolute atomic E-state index is 0.475. The van der Waals surface area contributed by atoms with Crippen LogP contribution in [-0.4, -0.2) is 13.2 Å². The van der Waals surface area contributed by atoms with E-state index in [1.165, 1.54) is 0 Å². The first-order chi connectivity index (χ1) is 7.29. The molecule has 0 heterocycles. The first-order valence-electron chi connectivity index (χ1n) is 5.01. The molecule has 3 heteroatoms. The zero-order chi connectivity index (χ0) is 11.1. The monoisotopic (exact) mass is 225 g/mol.